The van der Waals surface area contributed by atoms with Gasteiger partial charge in [0.25, 0.3) is 0 Å². The molecule has 0 saturated carbocycles. The maximum absolute atomic E-state index is 5.86. The minimum atomic E-state index is 0.730. The van der Waals surface area contributed by atoms with Crippen LogP contribution in [0.1, 0.15) is 25.0 Å². The van der Waals surface area contributed by atoms with E-state index in [1.165, 1.54) is 5.56 Å². The van der Waals surface area contributed by atoms with Crippen LogP contribution < -0.4 is 4.74 Å². The van der Waals surface area contributed by atoms with Gasteiger partial charge in [0.05, 0.1) is 0 Å². The van der Waals surface area contributed by atoms with Gasteiger partial charge in [-0.2, -0.15) is 0 Å². The average Bonchev–Trinajstić information content (AvgIpc) is 2.58. The van der Waals surface area contributed by atoms with Crippen LogP contribution in [0, 0.1) is 0 Å². The first-order valence-corrected chi connectivity index (χ1v) is 8.00. The summed E-state index contributed by atoms with van der Waals surface area (Å²) in [5.41, 5.74) is 2.36. The molecule has 22 heavy (non-hydrogen) atoms. The molecule has 0 fully saturated rings. The molecular formula is C20H25NO. The van der Waals surface area contributed by atoms with E-state index in [0.717, 1.165) is 37.6 Å². The number of ether oxygens (including phenoxy) is 1. The highest BCUT2D eigenvalue weighted by atomic mass is 16.5. The molecule has 2 aromatic rings. The molecule has 0 aromatic heterocycles. The third-order valence-electron chi connectivity index (χ3n) is 3.70. The minimum Gasteiger partial charge on any atom is -0.492 e. The molecule has 0 aliphatic heterocycles. The van der Waals surface area contributed by atoms with Crippen LogP contribution in [0.15, 0.2) is 54.6 Å². The fraction of sp³-hybridized carbons (Fsp3) is 0.300. The lowest BCUT2D eigenvalue weighted by Crippen LogP contribution is -2.27. The SMILES string of the molecule is CCN(CC)CCOc1cccc(/C=C\c2ccccc2)c1. The van der Waals surface area contributed by atoms with E-state index >= 15 is 0 Å². The average molecular weight is 295 g/mol. The second-order valence-electron chi connectivity index (χ2n) is 5.19. The van der Waals surface area contributed by atoms with Crippen LogP contribution >= 0.6 is 0 Å². The number of rotatable bonds is 8. The van der Waals surface area contributed by atoms with Crippen molar-refractivity contribution in [3.05, 3.63) is 65.7 Å². The second-order valence-corrected chi connectivity index (χ2v) is 5.19. The van der Waals surface area contributed by atoms with Gasteiger partial charge in [0.15, 0.2) is 0 Å². The molecule has 0 spiro atoms. The van der Waals surface area contributed by atoms with Crippen LogP contribution in [-0.4, -0.2) is 31.1 Å². The van der Waals surface area contributed by atoms with Gasteiger partial charge >= 0.3 is 0 Å². The lowest BCUT2D eigenvalue weighted by Gasteiger charge is -2.18. The Morgan fingerprint density at radius 2 is 1.55 bits per heavy atom. The molecule has 0 aliphatic rings. The van der Waals surface area contributed by atoms with Crippen LogP contribution in [0.5, 0.6) is 5.75 Å². The fourth-order valence-corrected chi connectivity index (χ4v) is 2.30. The lowest BCUT2D eigenvalue weighted by atomic mass is 10.1. The summed E-state index contributed by atoms with van der Waals surface area (Å²) in [6, 6.07) is 18.6. The Morgan fingerprint density at radius 3 is 2.27 bits per heavy atom. The molecule has 2 rings (SSSR count). The van der Waals surface area contributed by atoms with Gasteiger partial charge in [-0.25, -0.2) is 0 Å². The summed E-state index contributed by atoms with van der Waals surface area (Å²) in [5, 5.41) is 0. The molecule has 0 N–H and O–H groups in total. The standard InChI is InChI=1S/C20H25NO/c1-3-21(4-2)15-16-22-20-12-8-11-19(17-20)14-13-18-9-6-5-7-10-18/h5-14,17H,3-4,15-16H2,1-2H3/b14-13-. The topological polar surface area (TPSA) is 12.5 Å². The van der Waals surface area contributed by atoms with Gasteiger partial charge in [-0.1, -0.05) is 68.5 Å². The molecule has 0 unspecified atom stereocenters. The van der Waals surface area contributed by atoms with Crippen molar-refractivity contribution in [2.45, 2.75) is 13.8 Å². The number of likely N-dealkylation sites (N-methyl/N-ethyl adjacent to an activating group) is 1. The number of hydrogen-bond acceptors (Lipinski definition) is 2. The van der Waals surface area contributed by atoms with Gasteiger partial charge in [-0.3, -0.25) is 0 Å². The highest BCUT2D eigenvalue weighted by Gasteiger charge is 2.00. The van der Waals surface area contributed by atoms with Gasteiger partial charge in [0.2, 0.25) is 0 Å². The third kappa shape index (κ3) is 5.38. The second kappa shape index (κ2) is 9.06. The van der Waals surface area contributed by atoms with Crippen molar-refractivity contribution in [2.24, 2.45) is 0 Å². The maximum atomic E-state index is 5.86. The Kier molecular flexibility index (Phi) is 6.72. The highest BCUT2D eigenvalue weighted by molar-refractivity contribution is 5.70. The number of benzene rings is 2. The molecular weight excluding hydrogens is 270 g/mol. The summed E-state index contributed by atoms with van der Waals surface area (Å²) in [4.78, 5) is 2.36. The summed E-state index contributed by atoms with van der Waals surface area (Å²) >= 11 is 0. The highest BCUT2D eigenvalue weighted by Crippen LogP contribution is 2.16. The molecule has 0 bridgehead atoms. The molecule has 0 amide bonds. The summed E-state index contributed by atoms with van der Waals surface area (Å²) in [6.07, 6.45) is 4.24. The van der Waals surface area contributed by atoms with Crippen molar-refractivity contribution >= 4 is 12.2 Å². The first-order chi connectivity index (χ1) is 10.8. The van der Waals surface area contributed by atoms with E-state index in [0.29, 0.717) is 0 Å². The Labute approximate surface area is 134 Å². The van der Waals surface area contributed by atoms with Crippen LogP contribution in [0.2, 0.25) is 0 Å². The zero-order valence-corrected chi connectivity index (χ0v) is 13.5. The Balaban J connectivity index is 1.91. The van der Waals surface area contributed by atoms with E-state index in [1.807, 2.05) is 30.3 Å². The summed E-state index contributed by atoms with van der Waals surface area (Å²) < 4.78 is 5.86. The van der Waals surface area contributed by atoms with E-state index in [4.69, 9.17) is 4.74 Å². The quantitative estimate of drug-likeness (QED) is 0.661. The summed E-state index contributed by atoms with van der Waals surface area (Å²) in [5.74, 6) is 0.933. The van der Waals surface area contributed by atoms with Crippen molar-refractivity contribution in [1.82, 2.24) is 4.90 Å². The third-order valence-corrected chi connectivity index (χ3v) is 3.70. The van der Waals surface area contributed by atoms with Crippen molar-refractivity contribution in [1.29, 1.82) is 0 Å². The predicted molar refractivity (Wildman–Crippen MR) is 95.1 cm³/mol. The molecule has 0 radical (unpaired) electrons. The zero-order chi connectivity index (χ0) is 15.6. The van der Waals surface area contributed by atoms with E-state index < -0.39 is 0 Å². The smallest absolute Gasteiger partial charge is 0.119 e. The minimum absolute atomic E-state index is 0.730. The first kappa shape index (κ1) is 16.3. The molecule has 2 aromatic carbocycles. The normalized spacial score (nSPS) is 11.2. The molecule has 2 nitrogen and oxygen atoms in total. The molecule has 116 valence electrons. The van der Waals surface area contributed by atoms with Crippen LogP contribution in [-0.2, 0) is 0 Å². The van der Waals surface area contributed by atoms with E-state index in [-0.39, 0.29) is 0 Å². The number of nitrogens with zero attached hydrogens (tertiary/aromatic N) is 1. The van der Waals surface area contributed by atoms with Crippen LogP contribution in [0.4, 0.5) is 0 Å². The monoisotopic (exact) mass is 295 g/mol. The summed E-state index contributed by atoms with van der Waals surface area (Å²) in [7, 11) is 0. The number of hydrogen-bond donors (Lipinski definition) is 0. The molecule has 0 aliphatic carbocycles. The van der Waals surface area contributed by atoms with Crippen molar-refractivity contribution in [2.75, 3.05) is 26.2 Å². The van der Waals surface area contributed by atoms with Gasteiger partial charge in [-0.15, -0.1) is 0 Å². The molecule has 2 heteroatoms. The van der Waals surface area contributed by atoms with Crippen molar-refractivity contribution < 1.29 is 4.74 Å². The van der Waals surface area contributed by atoms with E-state index in [1.54, 1.807) is 0 Å². The van der Waals surface area contributed by atoms with Crippen molar-refractivity contribution in [3.63, 3.8) is 0 Å². The largest absolute Gasteiger partial charge is 0.492 e. The van der Waals surface area contributed by atoms with Gasteiger partial charge < -0.3 is 9.64 Å². The van der Waals surface area contributed by atoms with Gasteiger partial charge in [0.1, 0.15) is 12.4 Å². The maximum Gasteiger partial charge on any atom is 0.119 e. The van der Waals surface area contributed by atoms with Gasteiger partial charge in [0, 0.05) is 6.54 Å². The molecule has 0 heterocycles. The predicted octanol–water partition coefficient (Wildman–Crippen LogP) is 4.58. The van der Waals surface area contributed by atoms with Gasteiger partial charge in [-0.05, 0) is 36.3 Å². The molecule has 0 saturated heterocycles. The Morgan fingerprint density at radius 1 is 0.864 bits per heavy atom. The summed E-state index contributed by atoms with van der Waals surface area (Å²) in [6.45, 7) is 8.20. The fourth-order valence-electron chi connectivity index (χ4n) is 2.30. The van der Waals surface area contributed by atoms with Crippen LogP contribution in [0.25, 0.3) is 12.2 Å². The Bertz CT molecular complexity index is 573. The lowest BCUT2D eigenvalue weighted by molar-refractivity contribution is 0.223. The van der Waals surface area contributed by atoms with E-state index in [9.17, 15) is 0 Å². The van der Waals surface area contributed by atoms with Crippen molar-refractivity contribution in [3.8, 4) is 5.75 Å². The van der Waals surface area contributed by atoms with E-state index in [2.05, 4.69) is 55.2 Å². The Hall–Kier alpha value is -2.06. The molecule has 0 atom stereocenters. The van der Waals surface area contributed by atoms with Crippen LogP contribution in [0.3, 0.4) is 0 Å². The zero-order valence-electron chi connectivity index (χ0n) is 13.5. The first-order valence-electron chi connectivity index (χ1n) is 8.00.